The van der Waals surface area contributed by atoms with Crippen LogP contribution in [0, 0.1) is 0 Å². The molecule has 0 heterocycles. The zero-order valence-electron chi connectivity index (χ0n) is 10.8. The summed E-state index contributed by atoms with van der Waals surface area (Å²) in [5.41, 5.74) is 7.07. The number of hydrogen-bond acceptors (Lipinski definition) is 3. The number of benzene rings is 1. The second kappa shape index (κ2) is 8.23. The van der Waals surface area contributed by atoms with Crippen molar-refractivity contribution in [3.8, 4) is 0 Å². The third-order valence-corrected chi connectivity index (χ3v) is 2.48. The Morgan fingerprint density at radius 1 is 1.12 bits per heavy atom. The molecule has 0 aliphatic heterocycles. The van der Waals surface area contributed by atoms with Crippen LogP contribution in [0.4, 0.5) is 0 Å². The molecule has 2 atom stereocenters. The van der Waals surface area contributed by atoms with Gasteiger partial charge < -0.3 is 15.2 Å². The smallest absolute Gasteiger partial charge is 0.0974 e. The van der Waals surface area contributed by atoms with E-state index >= 15 is 0 Å². The van der Waals surface area contributed by atoms with E-state index in [0.29, 0.717) is 13.2 Å². The maximum absolute atomic E-state index is 5.94. The van der Waals surface area contributed by atoms with Gasteiger partial charge in [0.1, 0.15) is 0 Å². The molecule has 0 aromatic heterocycles. The molecule has 0 saturated carbocycles. The fourth-order valence-corrected chi connectivity index (χ4v) is 1.67. The SMILES string of the molecule is CCCOCCOC(c1ccccc1)C(C)N. The van der Waals surface area contributed by atoms with Crippen LogP contribution in [0.1, 0.15) is 31.9 Å². The van der Waals surface area contributed by atoms with Crippen LogP contribution < -0.4 is 5.73 Å². The fraction of sp³-hybridized carbons (Fsp3) is 0.571. The van der Waals surface area contributed by atoms with E-state index in [1.165, 1.54) is 0 Å². The minimum Gasteiger partial charge on any atom is -0.379 e. The molecule has 2 N–H and O–H groups in total. The summed E-state index contributed by atoms with van der Waals surface area (Å²) < 4.78 is 11.2. The largest absolute Gasteiger partial charge is 0.379 e. The van der Waals surface area contributed by atoms with E-state index in [-0.39, 0.29) is 12.1 Å². The third-order valence-electron chi connectivity index (χ3n) is 2.48. The third kappa shape index (κ3) is 5.31. The molecule has 0 fully saturated rings. The highest BCUT2D eigenvalue weighted by Crippen LogP contribution is 2.19. The van der Waals surface area contributed by atoms with Gasteiger partial charge in [-0.3, -0.25) is 0 Å². The second-order valence-electron chi connectivity index (χ2n) is 4.17. The lowest BCUT2D eigenvalue weighted by Gasteiger charge is -2.21. The Hall–Kier alpha value is -0.900. The standard InChI is InChI=1S/C14H23NO2/c1-3-9-16-10-11-17-14(12(2)15)13-7-5-4-6-8-13/h4-8,12,14H,3,9-11,15H2,1-2H3. The van der Waals surface area contributed by atoms with E-state index in [9.17, 15) is 0 Å². The summed E-state index contributed by atoms with van der Waals surface area (Å²) in [5.74, 6) is 0. The lowest BCUT2D eigenvalue weighted by atomic mass is 10.0. The number of nitrogens with two attached hydrogens (primary N) is 1. The molecule has 96 valence electrons. The maximum Gasteiger partial charge on any atom is 0.0974 e. The Kier molecular flexibility index (Phi) is 6.86. The molecule has 0 aliphatic rings. The minimum absolute atomic E-state index is 0.0245. The Morgan fingerprint density at radius 3 is 2.41 bits per heavy atom. The molecule has 1 rings (SSSR count). The highest BCUT2D eigenvalue weighted by Gasteiger charge is 2.16. The molecular formula is C14H23NO2. The molecule has 2 unspecified atom stereocenters. The van der Waals surface area contributed by atoms with E-state index in [4.69, 9.17) is 15.2 Å². The minimum atomic E-state index is -0.0542. The zero-order valence-corrected chi connectivity index (χ0v) is 10.8. The van der Waals surface area contributed by atoms with Gasteiger partial charge in [0, 0.05) is 12.6 Å². The van der Waals surface area contributed by atoms with Crippen molar-refractivity contribution in [3.63, 3.8) is 0 Å². The van der Waals surface area contributed by atoms with Crippen LogP contribution in [0.2, 0.25) is 0 Å². The fourth-order valence-electron chi connectivity index (χ4n) is 1.67. The molecule has 17 heavy (non-hydrogen) atoms. The van der Waals surface area contributed by atoms with Crippen LogP contribution in [0.3, 0.4) is 0 Å². The van der Waals surface area contributed by atoms with Gasteiger partial charge in [0.05, 0.1) is 19.3 Å². The van der Waals surface area contributed by atoms with Crippen LogP contribution in [0.15, 0.2) is 30.3 Å². The molecule has 1 aromatic carbocycles. The summed E-state index contributed by atoms with van der Waals surface area (Å²) in [6.07, 6.45) is 0.983. The molecule has 0 radical (unpaired) electrons. The lowest BCUT2D eigenvalue weighted by Crippen LogP contribution is -2.28. The van der Waals surface area contributed by atoms with Crippen LogP contribution >= 0.6 is 0 Å². The van der Waals surface area contributed by atoms with Gasteiger partial charge in [-0.1, -0.05) is 37.3 Å². The average molecular weight is 237 g/mol. The second-order valence-corrected chi connectivity index (χ2v) is 4.17. The predicted molar refractivity (Wildman–Crippen MR) is 69.9 cm³/mol. The van der Waals surface area contributed by atoms with Crippen molar-refractivity contribution in [1.29, 1.82) is 0 Å². The molecular weight excluding hydrogens is 214 g/mol. The van der Waals surface area contributed by atoms with E-state index in [1.807, 2.05) is 37.3 Å². The maximum atomic E-state index is 5.94. The number of ether oxygens (including phenoxy) is 2. The van der Waals surface area contributed by atoms with Crippen LogP contribution in [-0.2, 0) is 9.47 Å². The first-order valence-corrected chi connectivity index (χ1v) is 6.25. The van der Waals surface area contributed by atoms with E-state index in [1.54, 1.807) is 0 Å². The van der Waals surface area contributed by atoms with Crippen molar-refractivity contribution in [1.82, 2.24) is 0 Å². The molecule has 0 bridgehead atoms. The van der Waals surface area contributed by atoms with Gasteiger partial charge in [-0.25, -0.2) is 0 Å². The zero-order chi connectivity index (χ0) is 12.5. The first-order valence-electron chi connectivity index (χ1n) is 6.25. The molecule has 3 nitrogen and oxygen atoms in total. The van der Waals surface area contributed by atoms with Crippen molar-refractivity contribution in [2.24, 2.45) is 5.73 Å². The normalized spacial score (nSPS) is 14.5. The Morgan fingerprint density at radius 2 is 1.82 bits per heavy atom. The van der Waals surface area contributed by atoms with Gasteiger partial charge in [0.15, 0.2) is 0 Å². The summed E-state index contributed by atoms with van der Waals surface area (Å²) in [4.78, 5) is 0. The molecule has 0 amide bonds. The van der Waals surface area contributed by atoms with Crippen molar-refractivity contribution in [3.05, 3.63) is 35.9 Å². The van der Waals surface area contributed by atoms with Gasteiger partial charge in [0.2, 0.25) is 0 Å². The van der Waals surface area contributed by atoms with Crippen molar-refractivity contribution < 1.29 is 9.47 Å². The van der Waals surface area contributed by atoms with E-state index in [0.717, 1.165) is 18.6 Å². The monoisotopic (exact) mass is 237 g/mol. The average Bonchev–Trinajstić information content (AvgIpc) is 2.34. The first kappa shape index (κ1) is 14.2. The Labute approximate surface area is 104 Å². The molecule has 0 saturated heterocycles. The first-order chi connectivity index (χ1) is 8.25. The van der Waals surface area contributed by atoms with Gasteiger partial charge in [-0.2, -0.15) is 0 Å². The highest BCUT2D eigenvalue weighted by atomic mass is 16.5. The van der Waals surface area contributed by atoms with Crippen LogP contribution in [-0.4, -0.2) is 25.9 Å². The van der Waals surface area contributed by atoms with Crippen molar-refractivity contribution >= 4 is 0 Å². The quantitative estimate of drug-likeness (QED) is 0.707. The van der Waals surface area contributed by atoms with E-state index < -0.39 is 0 Å². The van der Waals surface area contributed by atoms with Crippen LogP contribution in [0.5, 0.6) is 0 Å². The molecule has 0 spiro atoms. The Balaban J connectivity index is 2.40. The molecule has 1 aromatic rings. The van der Waals surface area contributed by atoms with Gasteiger partial charge in [0.25, 0.3) is 0 Å². The highest BCUT2D eigenvalue weighted by molar-refractivity contribution is 5.18. The van der Waals surface area contributed by atoms with Gasteiger partial charge in [-0.15, -0.1) is 0 Å². The van der Waals surface area contributed by atoms with Gasteiger partial charge >= 0.3 is 0 Å². The Bertz CT molecular complexity index is 288. The number of rotatable bonds is 8. The molecule has 0 aliphatic carbocycles. The van der Waals surface area contributed by atoms with Crippen molar-refractivity contribution in [2.75, 3.05) is 19.8 Å². The van der Waals surface area contributed by atoms with Gasteiger partial charge in [-0.05, 0) is 18.9 Å². The van der Waals surface area contributed by atoms with E-state index in [2.05, 4.69) is 6.92 Å². The summed E-state index contributed by atoms with van der Waals surface area (Å²) in [6.45, 7) is 6.06. The predicted octanol–water partition coefficient (Wildman–Crippen LogP) is 2.52. The van der Waals surface area contributed by atoms with Crippen LogP contribution in [0.25, 0.3) is 0 Å². The summed E-state index contributed by atoms with van der Waals surface area (Å²) >= 11 is 0. The molecule has 3 heteroatoms. The van der Waals surface area contributed by atoms with Crippen molar-refractivity contribution in [2.45, 2.75) is 32.4 Å². The number of hydrogen-bond donors (Lipinski definition) is 1. The summed E-state index contributed by atoms with van der Waals surface area (Å²) in [7, 11) is 0. The summed E-state index contributed by atoms with van der Waals surface area (Å²) in [6, 6.07) is 10.1. The summed E-state index contributed by atoms with van der Waals surface area (Å²) in [5, 5.41) is 0. The topological polar surface area (TPSA) is 44.5 Å². The lowest BCUT2D eigenvalue weighted by molar-refractivity contribution is -0.00471.